The van der Waals surface area contributed by atoms with Crippen LogP contribution in [0.4, 0.5) is 5.82 Å². The van der Waals surface area contributed by atoms with Gasteiger partial charge in [0.25, 0.3) is 5.91 Å². The van der Waals surface area contributed by atoms with Gasteiger partial charge in [-0.1, -0.05) is 0 Å². The average molecular weight is 398 g/mol. The molecule has 2 heterocycles. The number of nitrogens with zero attached hydrogens (tertiary/aromatic N) is 2. The quantitative estimate of drug-likeness (QED) is 0.795. The Kier molecular flexibility index (Phi) is 4.75. The van der Waals surface area contributed by atoms with Crippen LogP contribution in [-0.4, -0.2) is 40.6 Å². The molecule has 0 aromatic carbocycles. The molecule has 4 saturated carbocycles. The number of rotatable bonds is 5. The number of nitrogens with one attached hydrogen (secondary N) is 1. The summed E-state index contributed by atoms with van der Waals surface area (Å²) in [6.45, 7) is 1.61. The van der Waals surface area contributed by atoms with Crippen molar-refractivity contribution >= 4 is 17.7 Å². The minimum absolute atomic E-state index is 0.00778. The van der Waals surface area contributed by atoms with Crippen LogP contribution in [0.2, 0.25) is 0 Å². The molecular weight excluding hydrogens is 366 g/mol. The lowest BCUT2D eigenvalue weighted by atomic mass is 9.53. The summed E-state index contributed by atoms with van der Waals surface area (Å²) in [6, 6.07) is 3.79. The molecule has 6 nitrogen and oxygen atoms in total. The van der Waals surface area contributed by atoms with E-state index < -0.39 is 5.97 Å². The minimum Gasteiger partial charge on any atom is -0.481 e. The molecule has 0 radical (unpaired) electrons. The molecule has 1 aromatic rings. The number of aromatic nitrogens is 1. The number of carbonyl (C=O) groups excluding carboxylic acids is 1. The van der Waals surface area contributed by atoms with Crippen molar-refractivity contribution in [3.8, 4) is 0 Å². The van der Waals surface area contributed by atoms with Gasteiger partial charge in [0.1, 0.15) is 5.82 Å². The Hall–Kier alpha value is -2.11. The summed E-state index contributed by atoms with van der Waals surface area (Å²) in [7, 11) is 0. The molecule has 0 unspecified atom stereocenters. The van der Waals surface area contributed by atoms with Gasteiger partial charge in [-0.2, -0.15) is 0 Å². The van der Waals surface area contributed by atoms with Crippen LogP contribution in [0.3, 0.4) is 0 Å². The number of carbonyl (C=O) groups is 2. The maximum absolute atomic E-state index is 13.0. The maximum atomic E-state index is 13.0. The third kappa shape index (κ3) is 3.86. The van der Waals surface area contributed by atoms with Crippen molar-refractivity contribution in [3.63, 3.8) is 0 Å². The van der Waals surface area contributed by atoms with Gasteiger partial charge >= 0.3 is 5.97 Å². The van der Waals surface area contributed by atoms with Crippen LogP contribution < -0.4 is 10.2 Å². The predicted molar refractivity (Wildman–Crippen MR) is 110 cm³/mol. The van der Waals surface area contributed by atoms with Crippen molar-refractivity contribution in [3.05, 3.63) is 23.9 Å². The Morgan fingerprint density at radius 3 is 2.41 bits per heavy atom. The van der Waals surface area contributed by atoms with E-state index in [1.165, 1.54) is 19.3 Å². The van der Waals surface area contributed by atoms with E-state index >= 15 is 0 Å². The SMILES string of the molecule is O=C(O)C[C@@H]1CCCN(c2ccc(C(=O)NC34CC5CC(CC(C5)C3)C4)cn2)C1. The van der Waals surface area contributed by atoms with E-state index in [0.717, 1.165) is 68.8 Å². The smallest absolute Gasteiger partial charge is 0.303 e. The number of pyridine rings is 1. The van der Waals surface area contributed by atoms with E-state index in [2.05, 4.69) is 15.2 Å². The first-order valence-electron chi connectivity index (χ1n) is 11.2. The lowest BCUT2D eigenvalue weighted by Crippen LogP contribution is -2.59. The van der Waals surface area contributed by atoms with Crippen LogP contribution in [0.5, 0.6) is 0 Å². The van der Waals surface area contributed by atoms with Crippen LogP contribution >= 0.6 is 0 Å². The van der Waals surface area contributed by atoms with Crippen molar-refractivity contribution < 1.29 is 14.7 Å². The first-order chi connectivity index (χ1) is 14.0. The van der Waals surface area contributed by atoms with Crippen LogP contribution in [0.1, 0.15) is 68.1 Å². The van der Waals surface area contributed by atoms with E-state index in [9.17, 15) is 9.59 Å². The summed E-state index contributed by atoms with van der Waals surface area (Å²) in [5, 5.41) is 12.5. The molecule has 1 amide bonds. The van der Waals surface area contributed by atoms with Gasteiger partial charge < -0.3 is 15.3 Å². The molecular formula is C23H31N3O3. The number of amides is 1. The zero-order valence-electron chi connectivity index (χ0n) is 17.0. The first kappa shape index (κ1) is 18.9. The van der Waals surface area contributed by atoms with Crippen LogP contribution in [0.25, 0.3) is 0 Å². The average Bonchev–Trinajstić information content (AvgIpc) is 2.66. The molecule has 0 spiro atoms. The third-order valence-corrected chi connectivity index (χ3v) is 7.73. The topological polar surface area (TPSA) is 82.5 Å². The maximum Gasteiger partial charge on any atom is 0.303 e. The molecule has 1 aliphatic heterocycles. The van der Waals surface area contributed by atoms with Gasteiger partial charge in [-0.25, -0.2) is 4.98 Å². The molecule has 156 valence electrons. The molecule has 1 saturated heterocycles. The Labute approximate surface area is 172 Å². The highest BCUT2D eigenvalue weighted by atomic mass is 16.4. The van der Waals surface area contributed by atoms with Gasteiger partial charge in [0.2, 0.25) is 0 Å². The molecule has 4 aliphatic carbocycles. The van der Waals surface area contributed by atoms with E-state index in [0.29, 0.717) is 5.56 Å². The second kappa shape index (κ2) is 7.29. The molecule has 4 bridgehead atoms. The highest BCUT2D eigenvalue weighted by Crippen LogP contribution is 2.55. The molecule has 5 fully saturated rings. The molecule has 5 aliphatic rings. The molecule has 6 heteroatoms. The summed E-state index contributed by atoms with van der Waals surface area (Å²) in [5.41, 5.74) is 0.644. The molecule has 1 atom stereocenters. The lowest BCUT2D eigenvalue weighted by molar-refractivity contribution is -0.138. The number of carboxylic acids is 1. The third-order valence-electron chi connectivity index (χ3n) is 7.73. The second-order valence-electron chi connectivity index (χ2n) is 10.1. The Morgan fingerprint density at radius 1 is 1.14 bits per heavy atom. The number of hydrogen-bond donors (Lipinski definition) is 2. The number of carboxylic acid groups (broad SMARTS) is 1. The number of hydrogen-bond acceptors (Lipinski definition) is 4. The van der Waals surface area contributed by atoms with Crippen molar-refractivity contribution in [2.75, 3.05) is 18.0 Å². The minimum atomic E-state index is -0.735. The lowest BCUT2D eigenvalue weighted by Gasteiger charge is -2.56. The highest BCUT2D eigenvalue weighted by Gasteiger charge is 2.51. The van der Waals surface area contributed by atoms with Gasteiger partial charge in [0, 0.05) is 31.2 Å². The first-order valence-corrected chi connectivity index (χ1v) is 11.2. The van der Waals surface area contributed by atoms with Gasteiger partial charge in [-0.15, -0.1) is 0 Å². The molecule has 1 aromatic heterocycles. The Bertz CT molecular complexity index is 756. The van der Waals surface area contributed by atoms with E-state index in [1.54, 1.807) is 6.20 Å². The zero-order chi connectivity index (χ0) is 20.0. The van der Waals surface area contributed by atoms with Gasteiger partial charge in [-0.05, 0) is 87.2 Å². The summed E-state index contributed by atoms with van der Waals surface area (Å²) in [4.78, 5) is 30.7. The number of anilines is 1. The Morgan fingerprint density at radius 2 is 1.83 bits per heavy atom. The molecule has 2 N–H and O–H groups in total. The van der Waals surface area contributed by atoms with Crippen molar-refractivity contribution in [2.45, 2.75) is 63.3 Å². The van der Waals surface area contributed by atoms with Crippen molar-refractivity contribution in [2.24, 2.45) is 23.7 Å². The summed E-state index contributed by atoms with van der Waals surface area (Å²) in [6.07, 6.45) is 11.4. The van der Waals surface area contributed by atoms with E-state index in [-0.39, 0.29) is 23.8 Å². The van der Waals surface area contributed by atoms with E-state index in [1.807, 2.05) is 12.1 Å². The Balaban J connectivity index is 1.23. The van der Waals surface area contributed by atoms with Gasteiger partial charge in [-0.3, -0.25) is 9.59 Å². The van der Waals surface area contributed by atoms with Crippen LogP contribution in [-0.2, 0) is 4.79 Å². The van der Waals surface area contributed by atoms with Crippen LogP contribution in [0.15, 0.2) is 18.3 Å². The van der Waals surface area contributed by atoms with Crippen molar-refractivity contribution in [1.29, 1.82) is 0 Å². The summed E-state index contributed by atoms with van der Waals surface area (Å²) < 4.78 is 0. The number of piperidine rings is 1. The second-order valence-corrected chi connectivity index (χ2v) is 10.1. The van der Waals surface area contributed by atoms with Gasteiger partial charge in [0.05, 0.1) is 5.56 Å². The monoisotopic (exact) mass is 397 g/mol. The fourth-order valence-corrected chi connectivity index (χ4v) is 6.97. The fourth-order valence-electron chi connectivity index (χ4n) is 6.97. The largest absolute Gasteiger partial charge is 0.481 e. The highest BCUT2D eigenvalue weighted by molar-refractivity contribution is 5.94. The van der Waals surface area contributed by atoms with Crippen molar-refractivity contribution in [1.82, 2.24) is 10.3 Å². The standard InChI is InChI=1S/C23H31N3O3/c27-21(28)9-15-2-1-5-26(14-15)20-4-3-19(13-24-20)22(29)25-23-10-16-6-17(11-23)8-18(7-16)12-23/h3-4,13,15-18H,1-2,5-12,14H2,(H,25,29)(H,27,28)/t15-,16?,17?,18?,23?/m0/s1. The predicted octanol–water partition coefficient (Wildman–Crippen LogP) is 3.47. The normalized spacial score (nSPS) is 35.5. The summed E-state index contributed by atoms with van der Waals surface area (Å²) in [5.74, 6) is 2.70. The zero-order valence-corrected chi connectivity index (χ0v) is 17.0. The van der Waals surface area contributed by atoms with E-state index in [4.69, 9.17) is 5.11 Å². The molecule has 29 heavy (non-hydrogen) atoms. The number of aliphatic carboxylic acids is 1. The molecule has 6 rings (SSSR count). The summed E-state index contributed by atoms with van der Waals surface area (Å²) >= 11 is 0. The van der Waals surface area contributed by atoms with Gasteiger partial charge in [0.15, 0.2) is 0 Å². The fraction of sp³-hybridized carbons (Fsp3) is 0.696. The van der Waals surface area contributed by atoms with Crippen LogP contribution in [0, 0.1) is 23.7 Å².